The van der Waals surface area contributed by atoms with Crippen LogP contribution in [0.2, 0.25) is 0 Å². The standard InChI is InChI=1S/C20H26N2O/c1-15-14-17(16-4-7-18(21-2)8-5-16)6-9-20(15)23-19-10-12-22(3)13-11-19/h4-9,14,19,21H,10-13H2,1-3H3. The molecule has 3 nitrogen and oxygen atoms in total. The molecule has 1 aliphatic rings. The second kappa shape index (κ2) is 7.05. The van der Waals surface area contributed by atoms with Crippen LogP contribution in [0.5, 0.6) is 5.75 Å². The third-order valence-corrected chi connectivity index (χ3v) is 4.64. The van der Waals surface area contributed by atoms with Gasteiger partial charge in [0.1, 0.15) is 11.9 Å². The van der Waals surface area contributed by atoms with E-state index in [1.807, 2.05) is 7.05 Å². The van der Waals surface area contributed by atoms with Crippen LogP contribution in [0.4, 0.5) is 5.69 Å². The van der Waals surface area contributed by atoms with Crippen molar-refractivity contribution in [1.29, 1.82) is 0 Å². The number of likely N-dealkylation sites (tertiary alicyclic amines) is 1. The number of piperidine rings is 1. The maximum absolute atomic E-state index is 6.23. The number of anilines is 1. The fourth-order valence-corrected chi connectivity index (χ4v) is 3.07. The molecule has 0 aromatic heterocycles. The summed E-state index contributed by atoms with van der Waals surface area (Å²) >= 11 is 0. The summed E-state index contributed by atoms with van der Waals surface area (Å²) in [7, 11) is 4.11. The van der Waals surface area contributed by atoms with Crippen molar-refractivity contribution in [3.63, 3.8) is 0 Å². The molecule has 3 rings (SSSR count). The summed E-state index contributed by atoms with van der Waals surface area (Å²) in [5, 5.41) is 3.15. The van der Waals surface area contributed by atoms with Gasteiger partial charge in [-0.3, -0.25) is 0 Å². The van der Waals surface area contributed by atoms with Gasteiger partial charge in [-0.15, -0.1) is 0 Å². The van der Waals surface area contributed by atoms with Crippen LogP contribution >= 0.6 is 0 Å². The SMILES string of the molecule is CNc1ccc(-c2ccc(OC3CCN(C)CC3)c(C)c2)cc1. The van der Waals surface area contributed by atoms with Crippen LogP contribution < -0.4 is 10.1 Å². The monoisotopic (exact) mass is 310 g/mol. The lowest BCUT2D eigenvalue weighted by molar-refractivity contribution is 0.113. The van der Waals surface area contributed by atoms with Crippen molar-refractivity contribution in [1.82, 2.24) is 4.90 Å². The Bertz CT molecular complexity index is 643. The van der Waals surface area contributed by atoms with Gasteiger partial charge in [0.25, 0.3) is 0 Å². The lowest BCUT2D eigenvalue weighted by atomic mass is 10.0. The molecule has 0 aliphatic carbocycles. The van der Waals surface area contributed by atoms with E-state index in [0.29, 0.717) is 6.10 Å². The Hall–Kier alpha value is -2.00. The average molecular weight is 310 g/mol. The van der Waals surface area contributed by atoms with Crippen LogP contribution in [0, 0.1) is 6.92 Å². The number of nitrogens with one attached hydrogen (secondary N) is 1. The zero-order valence-electron chi connectivity index (χ0n) is 14.3. The minimum atomic E-state index is 0.352. The Balaban J connectivity index is 1.72. The molecule has 0 atom stereocenters. The van der Waals surface area contributed by atoms with Gasteiger partial charge >= 0.3 is 0 Å². The van der Waals surface area contributed by atoms with Gasteiger partial charge in [-0.2, -0.15) is 0 Å². The van der Waals surface area contributed by atoms with Gasteiger partial charge in [-0.1, -0.05) is 18.2 Å². The van der Waals surface area contributed by atoms with E-state index in [-0.39, 0.29) is 0 Å². The van der Waals surface area contributed by atoms with Crippen LogP contribution in [0.15, 0.2) is 42.5 Å². The fourth-order valence-electron chi connectivity index (χ4n) is 3.07. The highest BCUT2D eigenvalue weighted by Gasteiger charge is 2.18. The molecule has 1 fully saturated rings. The molecule has 0 unspecified atom stereocenters. The fraction of sp³-hybridized carbons (Fsp3) is 0.400. The van der Waals surface area contributed by atoms with E-state index in [9.17, 15) is 0 Å². The molecule has 2 aromatic carbocycles. The van der Waals surface area contributed by atoms with E-state index < -0.39 is 0 Å². The van der Waals surface area contributed by atoms with E-state index in [1.165, 1.54) is 16.7 Å². The molecule has 1 aliphatic heterocycles. The minimum Gasteiger partial charge on any atom is -0.490 e. The molecular weight excluding hydrogens is 284 g/mol. The van der Waals surface area contributed by atoms with Crippen LogP contribution in [-0.2, 0) is 0 Å². The second-order valence-corrected chi connectivity index (χ2v) is 6.43. The van der Waals surface area contributed by atoms with Crippen molar-refractivity contribution in [3.05, 3.63) is 48.0 Å². The molecule has 1 heterocycles. The van der Waals surface area contributed by atoms with Crippen molar-refractivity contribution in [2.45, 2.75) is 25.9 Å². The first kappa shape index (κ1) is 15.9. The van der Waals surface area contributed by atoms with E-state index in [1.54, 1.807) is 0 Å². The summed E-state index contributed by atoms with van der Waals surface area (Å²) in [6.07, 6.45) is 2.58. The zero-order chi connectivity index (χ0) is 16.2. The number of aryl methyl sites for hydroxylation is 1. The van der Waals surface area contributed by atoms with Crippen LogP contribution in [-0.4, -0.2) is 38.2 Å². The molecule has 0 amide bonds. The Kier molecular flexibility index (Phi) is 4.87. The number of benzene rings is 2. The van der Waals surface area contributed by atoms with Gasteiger partial charge in [-0.25, -0.2) is 0 Å². The molecule has 0 bridgehead atoms. The molecule has 1 saturated heterocycles. The number of ether oxygens (including phenoxy) is 1. The summed E-state index contributed by atoms with van der Waals surface area (Å²) in [4.78, 5) is 2.37. The highest BCUT2D eigenvalue weighted by molar-refractivity contribution is 5.67. The zero-order valence-corrected chi connectivity index (χ0v) is 14.3. The summed E-state index contributed by atoms with van der Waals surface area (Å²) < 4.78 is 6.23. The molecule has 3 heteroatoms. The topological polar surface area (TPSA) is 24.5 Å². The van der Waals surface area contributed by atoms with Crippen molar-refractivity contribution in [2.75, 3.05) is 32.5 Å². The highest BCUT2D eigenvalue weighted by atomic mass is 16.5. The van der Waals surface area contributed by atoms with Gasteiger partial charge in [0.15, 0.2) is 0 Å². The van der Waals surface area contributed by atoms with Crippen LogP contribution in [0.1, 0.15) is 18.4 Å². The first-order chi connectivity index (χ1) is 11.2. The minimum absolute atomic E-state index is 0.352. The predicted molar refractivity (Wildman–Crippen MR) is 97.3 cm³/mol. The lowest BCUT2D eigenvalue weighted by Gasteiger charge is -2.29. The molecular formula is C20H26N2O. The normalized spacial score (nSPS) is 16.3. The number of nitrogens with zero attached hydrogens (tertiary/aromatic N) is 1. The molecule has 122 valence electrons. The van der Waals surface area contributed by atoms with Gasteiger partial charge in [-0.05, 0) is 67.8 Å². The average Bonchev–Trinajstić information content (AvgIpc) is 2.59. The third-order valence-electron chi connectivity index (χ3n) is 4.64. The van der Waals surface area contributed by atoms with Crippen molar-refractivity contribution in [2.24, 2.45) is 0 Å². The van der Waals surface area contributed by atoms with Gasteiger partial charge in [0.2, 0.25) is 0 Å². The molecule has 23 heavy (non-hydrogen) atoms. The van der Waals surface area contributed by atoms with Crippen molar-refractivity contribution in [3.8, 4) is 16.9 Å². The summed E-state index contributed by atoms with van der Waals surface area (Å²) in [6.45, 7) is 4.38. The Labute approximate surface area is 139 Å². The largest absolute Gasteiger partial charge is 0.490 e. The summed E-state index contributed by atoms with van der Waals surface area (Å²) in [5.41, 5.74) is 4.81. The number of hydrogen-bond acceptors (Lipinski definition) is 3. The third kappa shape index (κ3) is 3.85. The van der Waals surface area contributed by atoms with Gasteiger partial charge < -0.3 is 15.0 Å². The smallest absolute Gasteiger partial charge is 0.122 e. The maximum atomic E-state index is 6.23. The van der Waals surface area contributed by atoms with Gasteiger partial charge in [0.05, 0.1) is 0 Å². The van der Waals surface area contributed by atoms with Crippen molar-refractivity contribution < 1.29 is 4.74 Å². The van der Waals surface area contributed by atoms with Crippen LogP contribution in [0.3, 0.4) is 0 Å². The second-order valence-electron chi connectivity index (χ2n) is 6.43. The van der Waals surface area contributed by atoms with Gasteiger partial charge in [0, 0.05) is 25.8 Å². The summed E-state index contributed by atoms with van der Waals surface area (Å²) in [6, 6.07) is 15.0. The quantitative estimate of drug-likeness (QED) is 0.917. The molecule has 0 saturated carbocycles. The Morgan fingerprint density at radius 1 is 1.00 bits per heavy atom. The van der Waals surface area contributed by atoms with Crippen molar-refractivity contribution >= 4 is 5.69 Å². The van der Waals surface area contributed by atoms with E-state index in [2.05, 4.69) is 66.7 Å². The lowest BCUT2D eigenvalue weighted by Crippen LogP contribution is -2.35. The molecule has 0 spiro atoms. The number of rotatable bonds is 4. The highest BCUT2D eigenvalue weighted by Crippen LogP contribution is 2.28. The van der Waals surface area contributed by atoms with E-state index in [0.717, 1.165) is 37.4 Å². The van der Waals surface area contributed by atoms with E-state index in [4.69, 9.17) is 4.74 Å². The molecule has 1 N–H and O–H groups in total. The molecule has 0 radical (unpaired) electrons. The summed E-state index contributed by atoms with van der Waals surface area (Å²) in [5.74, 6) is 1.02. The molecule has 2 aromatic rings. The predicted octanol–water partition coefficient (Wildman–Crippen LogP) is 4.18. The maximum Gasteiger partial charge on any atom is 0.122 e. The Morgan fingerprint density at radius 3 is 2.26 bits per heavy atom. The van der Waals surface area contributed by atoms with Crippen LogP contribution in [0.25, 0.3) is 11.1 Å². The Morgan fingerprint density at radius 2 is 1.65 bits per heavy atom. The van der Waals surface area contributed by atoms with E-state index >= 15 is 0 Å². The number of hydrogen-bond donors (Lipinski definition) is 1. The first-order valence-electron chi connectivity index (χ1n) is 8.40. The first-order valence-corrected chi connectivity index (χ1v) is 8.40.